The van der Waals surface area contributed by atoms with Gasteiger partial charge in [0.05, 0.1) is 30.8 Å². The van der Waals surface area contributed by atoms with Crippen LogP contribution < -0.4 is 15.0 Å². The number of likely N-dealkylation sites (N-methyl/N-ethyl adjacent to an activating group) is 1. The summed E-state index contributed by atoms with van der Waals surface area (Å²) in [5.41, 5.74) is 2.01. The molecule has 0 saturated heterocycles. The van der Waals surface area contributed by atoms with E-state index < -0.39 is 6.10 Å². The second-order valence-corrected chi connectivity index (χ2v) is 6.60. The molecule has 1 aromatic carbocycles. The summed E-state index contributed by atoms with van der Waals surface area (Å²) in [7, 11) is 1.97. The number of benzene rings is 1. The molecule has 0 unspecified atom stereocenters. The van der Waals surface area contributed by atoms with Gasteiger partial charge >= 0.3 is 0 Å². The first-order valence-corrected chi connectivity index (χ1v) is 8.28. The molecule has 128 valence electrons. The van der Waals surface area contributed by atoms with Gasteiger partial charge in [-0.15, -0.1) is 0 Å². The van der Waals surface area contributed by atoms with Gasteiger partial charge in [0.25, 0.3) is 5.91 Å². The number of fused-ring (bicyclic) bond motifs is 1. The van der Waals surface area contributed by atoms with Crippen molar-refractivity contribution in [3.05, 3.63) is 42.5 Å². The lowest BCUT2D eigenvalue weighted by Gasteiger charge is -2.32. The minimum Gasteiger partial charge on any atom is -0.477 e. The third kappa shape index (κ3) is 3.53. The summed E-state index contributed by atoms with van der Waals surface area (Å²) < 4.78 is 7.93. The van der Waals surface area contributed by atoms with E-state index in [1.165, 1.54) is 0 Å². The van der Waals surface area contributed by atoms with E-state index in [2.05, 4.69) is 28.7 Å². The van der Waals surface area contributed by atoms with Crippen molar-refractivity contribution in [2.24, 2.45) is 5.92 Å². The molecular weight excluding hydrogens is 304 g/mol. The summed E-state index contributed by atoms with van der Waals surface area (Å²) >= 11 is 0. The van der Waals surface area contributed by atoms with Gasteiger partial charge in [-0.1, -0.05) is 26.0 Å². The molecular formula is C18H24N4O2. The summed E-state index contributed by atoms with van der Waals surface area (Å²) in [6.45, 7) is 6.20. The van der Waals surface area contributed by atoms with Gasteiger partial charge in [0.1, 0.15) is 5.75 Å². The van der Waals surface area contributed by atoms with Gasteiger partial charge in [-0.3, -0.25) is 4.79 Å². The van der Waals surface area contributed by atoms with Crippen LogP contribution >= 0.6 is 0 Å². The zero-order valence-electron chi connectivity index (χ0n) is 14.4. The maximum atomic E-state index is 12.5. The predicted octanol–water partition coefficient (Wildman–Crippen LogP) is 2.05. The summed E-state index contributed by atoms with van der Waals surface area (Å²) in [5, 5.41) is 2.97. The van der Waals surface area contributed by atoms with E-state index in [1.807, 2.05) is 42.5 Å². The molecule has 0 saturated carbocycles. The number of imidazole rings is 1. The van der Waals surface area contributed by atoms with Gasteiger partial charge in [-0.2, -0.15) is 0 Å². The highest BCUT2D eigenvalue weighted by Crippen LogP contribution is 2.31. The van der Waals surface area contributed by atoms with Gasteiger partial charge in [-0.25, -0.2) is 4.98 Å². The highest BCUT2D eigenvalue weighted by Gasteiger charge is 2.28. The zero-order valence-corrected chi connectivity index (χ0v) is 14.4. The molecule has 0 aliphatic carbocycles. The third-order valence-electron chi connectivity index (χ3n) is 4.08. The van der Waals surface area contributed by atoms with Gasteiger partial charge in [-0.05, 0) is 18.1 Å². The Morgan fingerprint density at radius 2 is 2.21 bits per heavy atom. The molecule has 1 aliphatic heterocycles. The Hall–Kier alpha value is -2.50. The maximum absolute atomic E-state index is 12.5. The SMILES string of the molecule is CC(C)Cn1cncc1CNC(=O)[C@@H]1CN(C)c2ccccc2O1. The topological polar surface area (TPSA) is 59.4 Å². The number of carbonyl (C=O) groups excluding carboxylic acids is 1. The fraction of sp³-hybridized carbons (Fsp3) is 0.444. The molecule has 2 aromatic rings. The maximum Gasteiger partial charge on any atom is 0.263 e. The van der Waals surface area contributed by atoms with Crippen LogP contribution in [0.2, 0.25) is 0 Å². The quantitative estimate of drug-likeness (QED) is 0.913. The molecule has 0 fully saturated rings. The average Bonchev–Trinajstić information content (AvgIpc) is 2.99. The van der Waals surface area contributed by atoms with E-state index in [9.17, 15) is 4.79 Å². The van der Waals surface area contributed by atoms with Crippen LogP contribution in [0.1, 0.15) is 19.5 Å². The molecule has 2 heterocycles. The largest absolute Gasteiger partial charge is 0.477 e. The van der Waals surface area contributed by atoms with Crippen LogP contribution in [0.25, 0.3) is 0 Å². The normalized spacial score (nSPS) is 16.7. The van der Waals surface area contributed by atoms with Crippen LogP contribution in [0, 0.1) is 5.92 Å². The summed E-state index contributed by atoms with van der Waals surface area (Å²) in [6.07, 6.45) is 3.10. The molecule has 0 spiro atoms. The lowest BCUT2D eigenvalue weighted by Crippen LogP contribution is -2.47. The molecule has 1 amide bonds. The van der Waals surface area contributed by atoms with E-state index >= 15 is 0 Å². The summed E-state index contributed by atoms with van der Waals surface area (Å²) in [4.78, 5) is 18.7. The molecule has 0 bridgehead atoms. The Morgan fingerprint density at radius 3 is 3.00 bits per heavy atom. The van der Waals surface area contributed by atoms with Gasteiger partial charge in [0.2, 0.25) is 0 Å². The standard InChI is InChI=1S/C18H24N4O2/c1-13(2)10-22-12-19-8-14(22)9-20-18(23)17-11-21(3)15-6-4-5-7-16(15)24-17/h4-8,12-13,17H,9-11H2,1-3H3,(H,20,23)/t17-/m0/s1. The van der Waals surface area contributed by atoms with E-state index in [4.69, 9.17) is 4.74 Å². The van der Waals surface area contributed by atoms with Crippen LogP contribution in [0.4, 0.5) is 5.69 Å². The van der Waals surface area contributed by atoms with E-state index in [1.54, 1.807) is 6.20 Å². The summed E-state index contributed by atoms with van der Waals surface area (Å²) in [6, 6.07) is 7.77. The van der Waals surface area contributed by atoms with Crippen molar-refractivity contribution in [3.63, 3.8) is 0 Å². The van der Waals surface area contributed by atoms with Crippen LogP contribution in [-0.4, -0.2) is 35.2 Å². The lowest BCUT2D eigenvalue weighted by molar-refractivity contribution is -0.128. The van der Waals surface area contributed by atoms with Crippen LogP contribution in [0.15, 0.2) is 36.8 Å². The van der Waals surface area contributed by atoms with E-state index in [0.717, 1.165) is 23.7 Å². The molecule has 1 aliphatic rings. The molecule has 3 rings (SSSR count). The Bertz CT molecular complexity index is 711. The number of anilines is 1. The minimum absolute atomic E-state index is 0.103. The first-order chi connectivity index (χ1) is 11.5. The van der Waals surface area contributed by atoms with Crippen molar-refractivity contribution in [1.29, 1.82) is 0 Å². The number of ether oxygens (including phenoxy) is 1. The van der Waals surface area contributed by atoms with Gasteiger partial charge in [0, 0.05) is 19.8 Å². The second-order valence-electron chi connectivity index (χ2n) is 6.60. The first-order valence-electron chi connectivity index (χ1n) is 8.28. The minimum atomic E-state index is -0.508. The second kappa shape index (κ2) is 6.95. The van der Waals surface area contributed by atoms with Crippen molar-refractivity contribution in [1.82, 2.24) is 14.9 Å². The van der Waals surface area contributed by atoms with Gasteiger partial charge in [0.15, 0.2) is 6.10 Å². The number of nitrogens with one attached hydrogen (secondary N) is 1. The fourth-order valence-corrected chi connectivity index (χ4v) is 2.89. The lowest BCUT2D eigenvalue weighted by atomic mass is 10.2. The molecule has 6 nitrogen and oxygen atoms in total. The van der Waals surface area contributed by atoms with Gasteiger partial charge < -0.3 is 19.5 Å². The number of rotatable bonds is 5. The predicted molar refractivity (Wildman–Crippen MR) is 93.0 cm³/mol. The van der Waals surface area contributed by atoms with Crippen molar-refractivity contribution < 1.29 is 9.53 Å². The highest BCUT2D eigenvalue weighted by atomic mass is 16.5. The first kappa shape index (κ1) is 16.4. The molecule has 1 N–H and O–H groups in total. The fourth-order valence-electron chi connectivity index (χ4n) is 2.89. The van der Waals surface area contributed by atoms with Crippen molar-refractivity contribution >= 4 is 11.6 Å². The molecule has 1 aromatic heterocycles. The average molecular weight is 328 g/mol. The monoisotopic (exact) mass is 328 g/mol. The Balaban J connectivity index is 1.61. The van der Waals surface area contributed by atoms with E-state index in [0.29, 0.717) is 19.0 Å². The highest BCUT2D eigenvalue weighted by molar-refractivity contribution is 5.83. The number of hydrogen-bond donors (Lipinski definition) is 1. The third-order valence-corrected chi connectivity index (χ3v) is 4.08. The number of carbonyl (C=O) groups is 1. The Labute approximate surface area is 142 Å². The van der Waals surface area contributed by atoms with Crippen molar-refractivity contribution in [3.8, 4) is 5.75 Å². The Morgan fingerprint density at radius 1 is 1.42 bits per heavy atom. The van der Waals surface area contributed by atoms with E-state index in [-0.39, 0.29) is 5.91 Å². The molecule has 0 radical (unpaired) electrons. The molecule has 1 atom stereocenters. The van der Waals surface area contributed by atoms with Crippen LogP contribution in [0.3, 0.4) is 0 Å². The number of amides is 1. The number of hydrogen-bond acceptors (Lipinski definition) is 4. The van der Waals surface area contributed by atoms with Crippen LogP contribution in [0.5, 0.6) is 5.75 Å². The molecule has 24 heavy (non-hydrogen) atoms. The molecule has 6 heteroatoms. The number of aromatic nitrogens is 2. The summed E-state index contributed by atoms with van der Waals surface area (Å²) in [5.74, 6) is 1.17. The van der Waals surface area contributed by atoms with Crippen LogP contribution in [-0.2, 0) is 17.9 Å². The smallest absolute Gasteiger partial charge is 0.263 e. The zero-order chi connectivity index (χ0) is 17.1. The van der Waals surface area contributed by atoms with Crippen molar-refractivity contribution in [2.45, 2.75) is 33.0 Å². The number of para-hydroxylation sites is 2. The number of nitrogens with zero attached hydrogens (tertiary/aromatic N) is 3. The Kier molecular flexibility index (Phi) is 4.74. The van der Waals surface area contributed by atoms with Crippen molar-refractivity contribution in [2.75, 3.05) is 18.5 Å².